The van der Waals surface area contributed by atoms with Crippen LogP contribution in [0.2, 0.25) is 0 Å². The van der Waals surface area contributed by atoms with Crippen molar-refractivity contribution in [1.29, 1.82) is 0 Å². The van der Waals surface area contributed by atoms with Crippen molar-refractivity contribution in [1.82, 2.24) is 19.9 Å². The molecule has 268 valence electrons. The predicted octanol–water partition coefficient (Wildman–Crippen LogP) is 13.2. The molecule has 0 spiro atoms. The van der Waals surface area contributed by atoms with Gasteiger partial charge in [-0.1, -0.05) is 165 Å². The van der Waals surface area contributed by atoms with Crippen LogP contribution in [0.3, 0.4) is 0 Å². The zero-order valence-corrected chi connectivity index (χ0v) is 31.4. The molecule has 2 aromatic heterocycles. The zero-order chi connectivity index (χ0) is 37.9. The van der Waals surface area contributed by atoms with Gasteiger partial charge in [0.25, 0.3) is 0 Å². The van der Waals surface area contributed by atoms with E-state index in [9.17, 15) is 0 Å². The average Bonchev–Trinajstić information content (AvgIpc) is 3.28. The highest BCUT2D eigenvalue weighted by molar-refractivity contribution is 6.14. The Labute approximate surface area is 330 Å². The molecule has 4 nitrogen and oxygen atoms in total. The summed E-state index contributed by atoms with van der Waals surface area (Å²) in [5.41, 5.74) is 11.0. The molecule has 57 heavy (non-hydrogen) atoms. The van der Waals surface area contributed by atoms with Crippen LogP contribution in [0.25, 0.3) is 94.2 Å². The lowest BCUT2D eigenvalue weighted by Crippen LogP contribution is -2.10. The highest BCUT2D eigenvalue weighted by Crippen LogP contribution is 2.43. The van der Waals surface area contributed by atoms with Gasteiger partial charge < -0.3 is 0 Å². The number of benzene rings is 8. The van der Waals surface area contributed by atoms with Gasteiger partial charge in [0.05, 0.1) is 11.2 Å². The third-order valence-electron chi connectivity index (χ3n) is 11.4. The molecular formula is C53H36N4. The van der Waals surface area contributed by atoms with Crippen LogP contribution in [0.1, 0.15) is 23.6 Å². The van der Waals surface area contributed by atoms with Gasteiger partial charge in [-0.15, -0.1) is 0 Å². The van der Waals surface area contributed by atoms with Crippen LogP contribution in [0.4, 0.5) is 0 Å². The molecule has 10 aromatic rings. The number of fused-ring (bicyclic) bond motifs is 7. The quantitative estimate of drug-likeness (QED) is 0.166. The minimum Gasteiger partial charge on any atom is -0.247 e. The van der Waals surface area contributed by atoms with Crippen LogP contribution < -0.4 is 0 Å². The van der Waals surface area contributed by atoms with E-state index in [-0.39, 0.29) is 0 Å². The second-order valence-corrected chi connectivity index (χ2v) is 15.1. The van der Waals surface area contributed by atoms with Gasteiger partial charge in [-0.05, 0) is 85.8 Å². The van der Waals surface area contributed by atoms with Gasteiger partial charge in [-0.25, -0.2) is 19.9 Å². The molecule has 0 radical (unpaired) electrons. The molecule has 0 aliphatic heterocycles. The third-order valence-corrected chi connectivity index (χ3v) is 11.4. The van der Waals surface area contributed by atoms with E-state index in [4.69, 9.17) is 19.9 Å². The lowest BCUT2D eigenvalue weighted by Gasteiger charge is -2.25. The second-order valence-electron chi connectivity index (χ2n) is 15.1. The van der Waals surface area contributed by atoms with E-state index in [0.29, 0.717) is 23.4 Å². The fourth-order valence-corrected chi connectivity index (χ4v) is 8.65. The van der Waals surface area contributed by atoms with E-state index in [1.807, 2.05) is 0 Å². The van der Waals surface area contributed by atoms with Crippen molar-refractivity contribution in [2.24, 2.45) is 5.92 Å². The number of rotatable bonds is 5. The molecule has 1 aliphatic rings. The predicted molar refractivity (Wildman–Crippen MR) is 236 cm³/mol. The molecule has 11 rings (SSSR count). The lowest BCUT2D eigenvalue weighted by atomic mass is 9.79. The highest BCUT2D eigenvalue weighted by Gasteiger charge is 2.24. The van der Waals surface area contributed by atoms with E-state index in [0.717, 1.165) is 56.2 Å². The molecule has 8 aromatic carbocycles. The Kier molecular flexibility index (Phi) is 7.82. The first-order valence-corrected chi connectivity index (χ1v) is 19.6. The first kappa shape index (κ1) is 33.1. The summed E-state index contributed by atoms with van der Waals surface area (Å²) in [6, 6.07) is 62.1. The van der Waals surface area contributed by atoms with Gasteiger partial charge in [-0.2, -0.15) is 0 Å². The summed E-state index contributed by atoms with van der Waals surface area (Å²) >= 11 is 0. The van der Waals surface area contributed by atoms with E-state index >= 15 is 0 Å². The summed E-state index contributed by atoms with van der Waals surface area (Å²) < 4.78 is 0. The molecule has 1 aliphatic carbocycles. The molecule has 4 heteroatoms. The molecule has 2 heterocycles. The maximum Gasteiger partial charge on any atom is 0.164 e. The summed E-state index contributed by atoms with van der Waals surface area (Å²) in [5, 5.41) is 8.34. The Hall–Kier alpha value is -7.30. The van der Waals surface area contributed by atoms with Crippen molar-refractivity contribution >= 4 is 48.8 Å². The smallest absolute Gasteiger partial charge is 0.164 e. The van der Waals surface area contributed by atoms with Gasteiger partial charge in [0, 0.05) is 33.0 Å². The summed E-state index contributed by atoms with van der Waals surface area (Å²) in [4.78, 5) is 20.7. The molecule has 1 unspecified atom stereocenters. The monoisotopic (exact) mass is 728 g/mol. The third kappa shape index (κ3) is 5.85. The largest absolute Gasteiger partial charge is 0.247 e. The van der Waals surface area contributed by atoms with Crippen molar-refractivity contribution in [2.45, 2.75) is 13.3 Å². The fourth-order valence-electron chi connectivity index (χ4n) is 8.65. The minimum absolute atomic E-state index is 0.338. The standard InChI is InChI=1S/C53H36N4/c1-33-28-46(43-26-27-45-49(47(43)29-33)44-20-9-10-21-48(44)54-50(45)36-14-3-2-4-15-36)39-18-11-19-40(32-39)51-55-52(41-24-22-34-12-5-7-16-37(34)30-41)57-53(56-51)42-25-23-35-13-6-8-17-38(35)31-42/h2-28,30-33H,29H2,1H3. The Morgan fingerprint density at radius 2 is 0.982 bits per heavy atom. The van der Waals surface area contributed by atoms with E-state index in [1.165, 1.54) is 43.6 Å². The van der Waals surface area contributed by atoms with Gasteiger partial charge in [-0.3, -0.25) is 0 Å². The second kappa shape index (κ2) is 13.5. The number of pyridine rings is 1. The highest BCUT2D eigenvalue weighted by atomic mass is 15.0. The summed E-state index contributed by atoms with van der Waals surface area (Å²) in [5.74, 6) is 2.28. The number of hydrogen-bond donors (Lipinski definition) is 0. The van der Waals surface area contributed by atoms with Crippen LogP contribution in [0.5, 0.6) is 0 Å². The van der Waals surface area contributed by atoms with Crippen molar-refractivity contribution in [3.63, 3.8) is 0 Å². The summed E-state index contributed by atoms with van der Waals surface area (Å²) in [6.45, 7) is 2.32. The van der Waals surface area contributed by atoms with E-state index < -0.39 is 0 Å². The maximum atomic E-state index is 5.22. The van der Waals surface area contributed by atoms with Crippen LogP contribution in [0, 0.1) is 5.92 Å². The van der Waals surface area contributed by atoms with Crippen LogP contribution >= 0.6 is 0 Å². The Balaban J connectivity index is 1.07. The molecular weight excluding hydrogens is 693 g/mol. The van der Waals surface area contributed by atoms with Crippen molar-refractivity contribution < 1.29 is 0 Å². The molecule has 1 atom stereocenters. The number of aromatic nitrogens is 4. The Morgan fingerprint density at radius 1 is 0.421 bits per heavy atom. The van der Waals surface area contributed by atoms with Crippen LogP contribution in [0.15, 0.2) is 182 Å². The van der Waals surface area contributed by atoms with Gasteiger partial charge >= 0.3 is 0 Å². The number of hydrogen-bond acceptors (Lipinski definition) is 4. The molecule has 0 N–H and O–H groups in total. The topological polar surface area (TPSA) is 51.6 Å². The van der Waals surface area contributed by atoms with Crippen molar-refractivity contribution in [2.75, 3.05) is 0 Å². The maximum absolute atomic E-state index is 5.22. The SMILES string of the molecule is CC1C=C(c2cccc(-c3nc(-c4ccc5ccccc5c4)nc(-c4ccc5ccccc5c4)n3)c2)c2ccc3c(-c4ccccc4)nc4ccccc4c3c2C1. The molecule has 0 amide bonds. The van der Waals surface area contributed by atoms with E-state index in [1.54, 1.807) is 0 Å². The number of allylic oxidation sites excluding steroid dienone is 1. The Morgan fingerprint density at radius 3 is 1.67 bits per heavy atom. The van der Waals surface area contributed by atoms with Gasteiger partial charge in [0.15, 0.2) is 17.5 Å². The summed E-state index contributed by atoms with van der Waals surface area (Å²) in [7, 11) is 0. The lowest BCUT2D eigenvalue weighted by molar-refractivity contribution is 0.718. The molecule has 0 saturated carbocycles. The van der Waals surface area contributed by atoms with Crippen molar-refractivity contribution in [3.8, 4) is 45.4 Å². The number of para-hydroxylation sites is 1. The Bertz CT molecular complexity index is 3140. The minimum atomic E-state index is 0.338. The normalized spacial score (nSPS) is 13.9. The van der Waals surface area contributed by atoms with Gasteiger partial charge in [0.2, 0.25) is 0 Å². The van der Waals surface area contributed by atoms with Crippen LogP contribution in [-0.2, 0) is 6.42 Å². The van der Waals surface area contributed by atoms with Gasteiger partial charge in [0.1, 0.15) is 0 Å². The van der Waals surface area contributed by atoms with Crippen LogP contribution in [-0.4, -0.2) is 19.9 Å². The fraction of sp³-hybridized carbons (Fsp3) is 0.0566. The first-order chi connectivity index (χ1) is 28.1. The van der Waals surface area contributed by atoms with Crippen molar-refractivity contribution in [3.05, 3.63) is 199 Å². The van der Waals surface area contributed by atoms with E-state index in [2.05, 4.69) is 189 Å². The number of nitrogens with zero attached hydrogens (tertiary/aromatic N) is 4. The average molecular weight is 729 g/mol. The molecule has 0 bridgehead atoms. The molecule has 0 fully saturated rings. The molecule has 0 saturated heterocycles. The zero-order valence-electron chi connectivity index (χ0n) is 31.4. The summed E-state index contributed by atoms with van der Waals surface area (Å²) in [6.07, 6.45) is 3.39. The first-order valence-electron chi connectivity index (χ1n) is 19.6.